The second-order valence-corrected chi connectivity index (χ2v) is 10.3. The molecule has 0 saturated heterocycles. The van der Waals surface area contributed by atoms with E-state index in [4.69, 9.17) is 17.2 Å². The second-order valence-electron chi connectivity index (χ2n) is 10.3. The van der Waals surface area contributed by atoms with Crippen LogP contribution in [-0.4, -0.2) is 50.9 Å². The Morgan fingerprint density at radius 1 is 0.707 bits per heavy atom. The van der Waals surface area contributed by atoms with Crippen molar-refractivity contribution in [3.05, 3.63) is 60.2 Å². The van der Waals surface area contributed by atoms with Crippen LogP contribution in [0.3, 0.4) is 0 Å². The lowest BCUT2D eigenvalue weighted by atomic mass is 10.0. The Balaban J connectivity index is 0.000000226. The van der Waals surface area contributed by atoms with Gasteiger partial charge in [0.05, 0.1) is 24.1 Å². The van der Waals surface area contributed by atoms with Gasteiger partial charge in [0.15, 0.2) is 0 Å². The quantitative estimate of drug-likeness (QED) is 0.158. The lowest BCUT2D eigenvalue weighted by Crippen LogP contribution is -2.40. The highest BCUT2D eigenvalue weighted by atomic mass is 16.2. The van der Waals surface area contributed by atoms with E-state index >= 15 is 0 Å². The van der Waals surface area contributed by atoms with E-state index in [0.717, 1.165) is 21.8 Å². The van der Waals surface area contributed by atoms with Crippen LogP contribution in [-0.2, 0) is 22.7 Å². The van der Waals surface area contributed by atoms with Gasteiger partial charge in [-0.2, -0.15) is 0 Å². The van der Waals surface area contributed by atoms with Crippen LogP contribution in [0.15, 0.2) is 48.5 Å². The summed E-state index contributed by atoms with van der Waals surface area (Å²) in [5, 5.41) is 11.0. The predicted molar refractivity (Wildman–Crippen MR) is 163 cm³/mol. The van der Waals surface area contributed by atoms with Crippen LogP contribution in [0, 0.1) is 11.8 Å². The molecule has 0 aliphatic rings. The van der Waals surface area contributed by atoms with Gasteiger partial charge in [-0.15, -0.1) is 0 Å². The third-order valence-corrected chi connectivity index (χ3v) is 6.35. The summed E-state index contributed by atoms with van der Waals surface area (Å²) in [5.74, 6) is 1.77. The van der Waals surface area contributed by atoms with Crippen LogP contribution in [0.2, 0.25) is 0 Å². The number of amides is 2. The number of hydrogen-bond donors (Lipinski definition) is 6. The summed E-state index contributed by atoms with van der Waals surface area (Å²) in [6.45, 7) is 8.54. The van der Waals surface area contributed by atoms with Crippen molar-refractivity contribution in [1.29, 1.82) is 0 Å². The molecule has 2 atom stereocenters. The fourth-order valence-electron chi connectivity index (χ4n) is 4.23. The number of fused-ring (bicyclic) bond motifs is 2. The first-order valence-electron chi connectivity index (χ1n) is 13.5. The first kappa shape index (κ1) is 31.1. The molecule has 12 nitrogen and oxygen atoms in total. The van der Waals surface area contributed by atoms with E-state index in [1.165, 1.54) is 0 Å². The molecule has 2 aromatic carbocycles. The lowest BCUT2D eigenvalue weighted by Gasteiger charge is -2.20. The minimum Gasteiger partial charge on any atom is -0.368 e. The smallest absolute Gasteiger partial charge is 0.240 e. The first-order valence-corrected chi connectivity index (χ1v) is 13.5. The molecular formula is C29H40N10O2. The Kier molecular flexibility index (Phi) is 10.8. The van der Waals surface area contributed by atoms with E-state index in [2.05, 4.69) is 35.9 Å². The summed E-state index contributed by atoms with van der Waals surface area (Å²) < 4.78 is 0. The molecule has 2 aromatic heterocycles. The number of para-hydroxylation sites is 2. The average Bonchev–Trinajstić information content (AvgIpc) is 2.94. The van der Waals surface area contributed by atoms with Crippen molar-refractivity contribution in [2.24, 2.45) is 29.0 Å². The molecule has 4 aromatic rings. The largest absolute Gasteiger partial charge is 0.368 e. The molecule has 4 rings (SSSR count). The summed E-state index contributed by atoms with van der Waals surface area (Å²) in [5.41, 5.74) is 18.1. The van der Waals surface area contributed by atoms with Gasteiger partial charge in [0, 0.05) is 10.8 Å². The van der Waals surface area contributed by atoms with Crippen molar-refractivity contribution in [1.82, 2.24) is 25.3 Å². The monoisotopic (exact) mass is 560 g/mol. The zero-order valence-corrected chi connectivity index (χ0v) is 24.2. The zero-order valence-electron chi connectivity index (χ0n) is 24.2. The van der Waals surface area contributed by atoms with Crippen LogP contribution >= 0.6 is 0 Å². The molecule has 0 bridgehead atoms. The minimum atomic E-state index is -0.487. The number of benzene rings is 2. The molecule has 41 heavy (non-hydrogen) atoms. The fraction of sp³-hybridized carbons (Fsp3) is 0.379. The molecule has 0 fully saturated rings. The SMILES string of the molecule is CC(C)[C@H](Nc1nc(CN)nc2ccccc12)C(N)=O.CNCc1nc(N[C@H](C(N)=O)C(C)C)c2ccccc2n1. The molecule has 0 aliphatic heterocycles. The third-order valence-electron chi connectivity index (χ3n) is 6.35. The van der Waals surface area contributed by atoms with Crippen molar-refractivity contribution in [2.45, 2.75) is 52.9 Å². The third kappa shape index (κ3) is 8.05. The molecule has 2 amide bonds. The number of primary amides is 2. The Hall–Kier alpha value is -4.42. The maximum absolute atomic E-state index is 11.6. The van der Waals surface area contributed by atoms with Crippen molar-refractivity contribution < 1.29 is 9.59 Å². The van der Waals surface area contributed by atoms with E-state index in [9.17, 15) is 9.59 Å². The number of rotatable bonds is 11. The van der Waals surface area contributed by atoms with Gasteiger partial charge in [0.2, 0.25) is 11.8 Å². The van der Waals surface area contributed by atoms with E-state index in [1.807, 2.05) is 83.3 Å². The van der Waals surface area contributed by atoms with Crippen molar-refractivity contribution in [3.8, 4) is 0 Å². The zero-order chi connectivity index (χ0) is 30.1. The molecule has 0 unspecified atom stereocenters. The van der Waals surface area contributed by atoms with Gasteiger partial charge < -0.3 is 33.2 Å². The molecule has 0 saturated carbocycles. The maximum Gasteiger partial charge on any atom is 0.240 e. The molecule has 0 radical (unpaired) electrons. The average molecular weight is 561 g/mol. The van der Waals surface area contributed by atoms with Gasteiger partial charge in [-0.05, 0) is 43.1 Å². The lowest BCUT2D eigenvalue weighted by molar-refractivity contribution is -0.120. The molecule has 218 valence electrons. The van der Waals surface area contributed by atoms with Crippen LogP contribution in [0.25, 0.3) is 21.8 Å². The van der Waals surface area contributed by atoms with E-state index in [0.29, 0.717) is 29.8 Å². The summed E-state index contributed by atoms with van der Waals surface area (Å²) in [4.78, 5) is 40.8. The highest BCUT2D eigenvalue weighted by Crippen LogP contribution is 2.23. The number of carbonyl (C=O) groups excluding carboxylic acids is 2. The van der Waals surface area contributed by atoms with Crippen molar-refractivity contribution in [3.63, 3.8) is 0 Å². The summed E-state index contributed by atoms with van der Waals surface area (Å²) in [7, 11) is 1.84. The summed E-state index contributed by atoms with van der Waals surface area (Å²) >= 11 is 0. The number of anilines is 2. The van der Waals surface area contributed by atoms with Gasteiger partial charge in [-0.25, -0.2) is 19.9 Å². The molecule has 2 heterocycles. The van der Waals surface area contributed by atoms with Gasteiger partial charge in [0.25, 0.3) is 0 Å². The Bertz CT molecular complexity index is 1490. The molecule has 0 aliphatic carbocycles. The number of carbonyl (C=O) groups is 2. The molecular weight excluding hydrogens is 520 g/mol. The van der Waals surface area contributed by atoms with Gasteiger partial charge in [-0.1, -0.05) is 52.0 Å². The highest BCUT2D eigenvalue weighted by molar-refractivity contribution is 5.93. The van der Waals surface area contributed by atoms with E-state index in [1.54, 1.807) is 0 Å². The van der Waals surface area contributed by atoms with Gasteiger partial charge in [-0.3, -0.25) is 9.59 Å². The van der Waals surface area contributed by atoms with Gasteiger partial charge in [0.1, 0.15) is 35.4 Å². The molecule has 9 N–H and O–H groups in total. The van der Waals surface area contributed by atoms with E-state index in [-0.39, 0.29) is 24.3 Å². The van der Waals surface area contributed by atoms with Crippen LogP contribution < -0.4 is 33.2 Å². The van der Waals surface area contributed by atoms with E-state index < -0.39 is 18.0 Å². The van der Waals surface area contributed by atoms with Crippen molar-refractivity contribution >= 4 is 45.3 Å². The molecule has 12 heteroatoms. The van der Waals surface area contributed by atoms with Crippen LogP contribution in [0.5, 0.6) is 0 Å². The summed E-state index contributed by atoms with van der Waals surface area (Å²) in [6, 6.07) is 14.3. The fourth-order valence-corrected chi connectivity index (χ4v) is 4.23. The topological polar surface area (TPSA) is 200 Å². The minimum absolute atomic E-state index is 0.0579. The number of nitrogens with one attached hydrogen (secondary N) is 3. The maximum atomic E-state index is 11.6. The predicted octanol–water partition coefficient (Wildman–Crippen LogP) is 2.28. The van der Waals surface area contributed by atoms with Gasteiger partial charge >= 0.3 is 0 Å². The highest BCUT2D eigenvalue weighted by Gasteiger charge is 2.22. The van der Waals surface area contributed by atoms with Crippen LogP contribution in [0.1, 0.15) is 39.3 Å². The number of nitrogens with zero attached hydrogens (tertiary/aromatic N) is 4. The molecule has 0 spiro atoms. The second kappa shape index (κ2) is 14.3. The number of hydrogen-bond acceptors (Lipinski definition) is 10. The van der Waals surface area contributed by atoms with Crippen molar-refractivity contribution in [2.75, 3.05) is 17.7 Å². The van der Waals surface area contributed by atoms with Crippen LogP contribution in [0.4, 0.5) is 11.6 Å². The number of aromatic nitrogens is 4. The first-order chi connectivity index (χ1) is 19.5. The Morgan fingerprint density at radius 2 is 1.12 bits per heavy atom. The Morgan fingerprint density at radius 3 is 1.51 bits per heavy atom. The Labute approximate surface area is 239 Å². The number of nitrogens with two attached hydrogens (primary N) is 3. The standard InChI is InChI=1S/C15H21N5O.C14H19N5O/c1-9(2)13(14(16)21)20-15-10-6-4-5-7-11(10)18-12(19-15)8-17-3;1-8(2)12(13(16)20)19-14-9-5-3-4-6-10(9)17-11(7-15)18-14/h4-7,9,13,17H,8H2,1-3H3,(H2,16,21)(H,18,19,20);3-6,8,12H,7,15H2,1-2H3,(H2,16,20)(H,17,18,19)/t13-;12-/m00/s1. The normalized spacial score (nSPS) is 12.6. The summed E-state index contributed by atoms with van der Waals surface area (Å²) in [6.07, 6.45) is 0.